The van der Waals surface area contributed by atoms with E-state index in [1.165, 1.54) is 17.4 Å². The number of carbonyl (C=O) groups excluding carboxylic acids is 1. The Morgan fingerprint density at radius 2 is 1.94 bits per heavy atom. The molecule has 5 nitrogen and oxygen atoms in total. The predicted octanol–water partition coefficient (Wildman–Crippen LogP) is 7.47. The van der Waals surface area contributed by atoms with E-state index in [4.69, 9.17) is 21.1 Å². The molecule has 3 aromatic carbocycles. The molecule has 0 aliphatic heterocycles. The number of rotatable bonds is 8. The van der Waals surface area contributed by atoms with Gasteiger partial charge in [0.15, 0.2) is 16.6 Å². The molecule has 172 valence electrons. The number of ether oxygens (including phenoxy) is 2. The zero-order valence-electron chi connectivity index (χ0n) is 18.1. The molecule has 4 rings (SSSR count). The van der Waals surface area contributed by atoms with Crippen LogP contribution < -0.4 is 14.8 Å². The van der Waals surface area contributed by atoms with Crippen LogP contribution in [0.1, 0.15) is 11.1 Å². The molecule has 0 aliphatic rings. The molecule has 0 unspecified atom stereocenters. The molecule has 0 atom stereocenters. The molecule has 0 saturated carbocycles. The van der Waals surface area contributed by atoms with Gasteiger partial charge < -0.3 is 9.47 Å². The topological polar surface area (TPSA) is 60.5 Å². The van der Waals surface area contributed by atoms with Gasteiger partial charge in [-0.25, -0.2) is 4.98 Å². The molecule has 34 heavy (non-hydrogen) atoms. The number of nitrogens with zero attached hydrogens (tertiary/aromatic N) is 1. The van der Waals surface area contributed by atoms with Gasteiger partial charge in [0, 0.05) is 26.5 Å². The largest absolute Gasteiger partial charge is 0.493 e. The molecule has 0 radical (unpaired) electrons. The van der Waals surface area contributed by atoms with E-state index in [2.05, 4.69) is 26.2 Å². The van der Waals surface area contributed by atoms with Crippen molar-refractivity contribution in [1.82, 2.24) is 4.98 Å². The summed E-state index contributed by atoms with van der Waals surface area (Å²) in [6, 6.07) is 20.8. The maximum absolute atomic E-state index is 12.4. The molecule has 1 aromatic heterocycles. The van der Waals surface area contributed by atoms with Gasteiger partial charge >= 0.3 is 0 Å². The third-order valence-electron chi connectivity index (χ3n) is 4.78. The van der Waals surface area contributed by atoms with Gasteiger partial charge in [-0.3, -0.25) is 10.1 Å². The van der Waals surface area contributed by atoms with Gasteiger partial charge in [-0.15, -0.1) is 11.3 Å². The molecule has 1 N–H and O–H groups in total. The van der Waals surface area contributed by atoms with Crippen molar-refractivity contribution in [2.75, 3.05) is 12.4 Å². The number of halogens is 2. The first-order valence-corrected chi connectivity index (χ1v) is 12.3. The molecule has 0 spiro atoms. The zero-order chi connectivity index (χ0) is 23.9. The highest BCUT2D eigenvalue weighted by molar-refractivity contribution is 9.10. The highest BCUT2D eigenvalue weighted by atomic mass is 79.9. The smallest absolute Gasteiger partial charge is 0.250 e. The highest BCUT2D eigenvalue weighted by Crippen LogP contribution is 2.30. The lowest BCUT2D eigenvalue weighted by atomic mass is 10.2. The van der Waals surface area contributed by atoms with E-state index in [1.54, 1.807) is 13.2 Å². The lowest BCUT2D eigenvalue weighted by molar-refractivity contribution is -0.111. The van der Waals surface area contributed by atoms with Crippen molar-refractivity contribution in [3.8, 4) is 22.8 Å². The predicted molar refractivity (Wildman–Crippen MR) is 142 cm³/mol. The molecule has 0 bridgehead atoms. The van der Waals surface area contributed by atoms with Gasteiger partial charge in [0.25, 0.3) is 0 Å². The van der Waals surface area contributed by atoms with Crippen molar-refractivity contribution in [3.05, 3.63) is 98.8 Å². The molecule has 0 fully saturated rings. The number of hydrogen-bond acceptors (Lipinski definition) is 5. The fourth-order valence-corrected chi connectivity index (χ4v) is 4.33. The third-order valence-corrected chi connectivity index (χ3v) is 6.28. The summed E-state index contributed by atoms with van der Waals surface area (Å²) < 4.78 is 12.3. The molecule has 0 aliphatic carbocycles. The Labute approximate surface area is 215 Å². The molecule has 0 saturated heterocycles. The van der Waals surface area contributed by atoms with Gasteiger partial charge in [0.2, 0.25) is 5.91 Å². The number of methoxy groups -OCH3 is 1. The Balaban J connectivity index is 1.37. The van der Waals surface area contributed by atoms with Gasteiger partial charge in [0.05, 0.1) is 12.8 Å². The Morgan fingerprint density at radius 3 is 2.71 bits per heavy atom. The number of carbonyl (C=O) groups is 1. The van der Waals surface area contributed by atoms with Crippen LogP contribution in [0.3, 0.4) is 0 Å². The first-order valence-electron chi connectivity index (χ1n) is 10.3. The maximum Gasteiger partial charge on any atom is 0.250 e. The standard InChI is InChI=1S/C26H20BrClN2O3S/c1-32-24-13-17(7-11-23(24)33-15-18-5-9-21(28)10-6-18)8-12-25(31)30-26-29-22(16-34-26)19-3-2-4-20(27)14-19/h2-14,16H,15H2,1H3,(H,29,30,31). The average molecular weight is 556 g/mol. The van der Waals surface area contributed by atoms with Crippen molar-refractivity contribution in [2.24, 2.45) is 0 Å². The number of aromatic nitrogens is 1. The van der Waals surface area contributed by atoms with Crippen LogP contribution >= 0.6 is 38.9 Å². The van der Waals surface area contributed by atoms with Crippen molar-refractivity contribution < 1.29 is 14.3 Å². The van der Waals surface area contributed by atoms with Crippen LogP contribution in [0.5, 0.6) is 11.5 Å². The van der Waals surface area contributed by atoms with Crippen LogP contribution in [0.25, 0.3) is 17.3 Å². The SMILES string of the molecule is COc1cc(C=CC(=O)Nc2nc(-c3cccc(Br)c3)cs2)ccc1OCc1ccc(Cl)cc1. The van der Waals surface area contributed by atoms with Crippen molar-refractivity contribution in [3.63, 3.8) is 0 Å². The Hall–Kier alpha value is -3.13. The van der Waals surface area contributed by atoms with Gasteiger partial charge in [-0.1, -0.05) is 57.9 Å². The summed E-state index contributed by atoms with van der Waals surface area (Å²) in [7, 11) is 1.58. The summed E-state index contributed by atoms with van der Waals surface area (Å²) in [5, 5.41) is 5.93. The quantitative estimate of drug-likeness (QED) is 0.229. The minimum atomic E-state index is -0.267. The van der Waals surface area contributed by atoms with E-state index in [0.29, 0.717) is 28.3 Å². The number of benzene rings is 3. The Kier molecular flexibility index (Phi) is 8.00. The minimum Gasteiger partial charge on any atom is -0.493 e. The lowest BCUT2D eigenvalue weighted by Gasteiger charge is -2.11. The van der Waals surface area contributed by atoms with E-state index < -0.39 is 0 Å². The lowest BCUT2D eigenvalue weighted by Crippen LogP contribution is -2.07. The number of anilines is 1. The highest BCUT2D eigenvalue weighted by Gasteiger charge is 2.08. The molecule has 8 heteroatoms. The summed E-state index contributed by atoms with van der Waals surface area (Å²) in [6.45, 7) is 0.390. The van der Waals surface area contributed by atoms with Crippen LogP contribution in [0.4, 0.5) is 5.13 Å². The minimum absolute atomic E-state index is 0.267. The van der Waals surface area contributed by atoms with E-state index in [-0.39, 0.29) is 5.91 Å². The van der Waals surface area contributed by atoms with Crippen LogP contribution in [0.2, 0.25) is 5.02 Å². The van der Waals surface area contributed by atoms with Crippen LogP contribution in [0, 0.1) is 0 Å². The summed E-state index contributed by atoms with van der Waals surface area (Å²) in [5.41, 5.74) is 3.59. The van der Waals surface area contributed by atoms with Gasteiger partial charge in [0.1, 0.15) is 6.61 Å². The van der Waals surface area contributed by atoms with E-state index >= 15 is 0 Å². The molecule has 1 amide bonds. The second-order valence-electron chi connectivity index (χ2n) is 7.20. The van der Waals surface area contributed by atoms with E-state index in [1.807, 2.05) is 72.1 Å². The third kappa shape index (κ3) is 6.47. The summed E-state index contributed by atoms with van der Waals surface area (Å²) in [5.74, 6) is 0.925. The molecular weight excluding hydrogens is 536 g/mol. The average Bonchev–Trinajstić information content (AvgIpc) is 3.31. The first kappa shape index (κ1) is 24.0. The summed E-state index contributed by atoms with van der Waals surface area (Å²) in [6.07, 6.45) is 3.17. The van der Waals surface area contributed by atoms with E-state index in [9.17, 15) is 4.79 Å². The zero-order valence-corrected chi connectivity index (χ0v) is 21.3. The van der Waals surface area contributed by atoms with E-state index in [0.717, 1.165) is 26.9 Å². The number of nitrogens with one attached hydrogen (secondary N) is 1. The van der Waals surface area contributed by atoms with Crippen molar-refractivity contribution in [1.29, 1.82) is 0 Å². The number of thiazole rings is 1. The second kappa shape index (κ2) is 11.3. The van der Waals surface area contributed by atoms with Gasteiger partial charge in [-0.2, -0.15) is 0 Å². The second-order valence-corrected chi connectivity index (χ2v) is 9.41. The Morgan fingerprint density at radius 1 is 1.12 bits per heavy atom. The Bertz CT molecular complexity index is 1320. The summed E-state index contributed by atoms with van der Waals surface area (Å²) in [4.78, 5) is 16.9. The first-order chi connectivity index (χ1) is 16.5. The maximum atomic E-state index is 12.4. The molecule has 4 aromatic rings. The van der Waals surface area contributed by atoms with Crippen molar-refractivity contribution in [2.45, 2.75) is 6.61 Å². The summed E-state index contributed by atoms with van der Waals surface area (Å²) >= 11 is 10.8. The fraction of sp³-hybridized carbons (Fsp3) is 0.0769. The van der Waals surface area contributed by atoms with Crippen molar-refractivity contribution >= 4 is 56.0 Å². The molecule has 1 heterocycles. The monoisotopic (exact) mass is 554 g/mol. The van der Waals surface area contributed by atoms with Crippen LogP contribution in [-0.4, -0.2) is 18.0 Å². The van der Waals surface area contributed by atoms with Crippen LogP contribution in [0.15, 0.2) is 82.7 Å². The van der Waals surface area contributed by atoms with Gasteiger partial charge in [-0.05, 0) is 53.6 Å². The van der Waals surface area contributed by atoms with Crippen LogP contribution in [-0.2, 0) is 11.4 Å². The normalized spacial score (nSPS) is 10.9. The number of hydrogen-bond donors (Lipinski definition) is 1. The number of amides is 1. The molecular formula is C26H20BrClN2O3S. The fourth-order valence-electron chi connectivity index (χ4n) is 3.08.